The first kappa shape index (κ1) is 29.0. The molecule has 3 N–H and O–H groups in total. The molecule has 5 amide bonds. The molecular weight excluding hydrogens is 519 g/mol. The summed E-state index contributed by atoms with van der Waals surface area (Å²) in [5.41, 5.74) is -1.44. The summed E-state index contributed by atoms with van der Waals surface area (Å²) in [5.74, 6) is -5.88. The van der Waals surface area contributed by atoms with E-state index in [0.717, 1.165) is 0 Å². The first-order valence-electron chi connectivity index (χ1n) is 12.0. The molecule has 10 nitrogen and oxygen atoms in total. The number of hydrogen-bond donors (Lipinski definition) is 3. The van der Waals surface area contributed by atoms with E-state index in [-0.39, 0.29) is 36.2 Å². The van der Waals surface area contributed by atoms with Gasteiger partial charge in [0, 0.05) is 13.1 Å². The van der Waals surface area contributed by atoms with E-state index in [9.17, 15) is 37.1 Å². The number of halogens is 4. The van der Waals surface area contributed by atoms with Gasteiger partial charge in [-0.15, -0.1) is 0 Å². The number of likely N-dealkylation sites (tertiary alicyclic amines) is 1. The quantitative estimate of drug-likeness (QED) is 0.318. The standard InChI is InChI=1S/C23H33ClF3N5O5/c1-22(2,3)14(29-19(35)16(26)27)20(36)31-9-11-12(23(11,4)5)13(31)18(34)30-32(21(37)15(24)25)8-10-6-7-28-17(10)33/h10-16H,6-9H2,1-5H3,(H,28,33)(H,29,35)(H,30,34)/t10-,11-,12-,13-,14+,15-/m0/s1. The SMILES string of the molecule is CC(C)(C)[C@H](NC(=O)C(F)F)C(=O)N1C[C@H]2[C@@H]([C@H]1C(=O)NN(C[C@@H]1CCNC1=O)C(=O)[C@H](F)Cl)C2(C)C. The maximum atomic E-state index is 13.7. The lowest BCUT2D eigenvalue weighted by Gasteiger charge is -2.38. The van der Waals surface area contributed by atoms with Gasteiger partial charge in [0.05, 0.1) is 12.5 Å². The lowest BCUT2D eigenvalue weighted by Crippen LogP contribution is -2.61. The number of carbonyl (C=O) groups excluding carboxylic acids is 5. The van der Waals surface area contributed by atoms with Gasteiger partial charge in [0.2, 0.25) is 11.8 Å². The Balaban J connectivity index is 1.86. The second-order valence-electron chi connectivity index (χ2n) is 11.5. The van der Waals surface area contributed by atoms with Crippen LogP contribution >= 0.6 is 11.6 Å². The number of fused-ring (bicyclic) bond motifs is 1. The number of amides is 5. The first-order valence-corrected chi connectivity index (χ1v) is 12.5. The largest absolute Gasteiger partial charge is 0.356 e. The molecule has 3 aliphatic rings. The highest BCUT2D eigenvalue weighted by Gasteiger charge is 2.70. The Kier molecular flexibility index (Phi) is 8.07. The van der Waals surface area contributed by atoms with E-state index in [1.54, 1.807) is 20.8 Å². The zero-order valence-electron chi connectivity index (χ0n) is 21.3. The predicted molar refractivity (Wildman–Crippen MR) is 125 cm³/mol. The number of carbonyl (C=O) groups is 5. The highest BCUT2D eigenvalue weighted by Crippen LogP contribution is 2.65. The van der Waals surface area contributed by atoms with Crippen LogP contribution in [0.3, 0.4) is 0 Å². The average Bonchev–Trinajstić information content (AvgIpc) is 3.14. The molecular formula is C23H33ClF3N5O5. The molecule has 2 aliphatic heterocycles. The van der Waals surface area contributed by atoms with Gasteiger partial charge in [-0.1, -0.05) is 46.2 Å². The smallest absolute Gasteiger partial charge is 0.315 e. The van der Waals surface area contributed by atoms with Crippen molar-refractivity contribution in [2.24, 2.45) is 28.6 Å². The Morgan fingerprint density at radius 3 is 2.32 bits per heavy atom. The monoisotopic (exact) mass is 551 g/mol. The van der Waals surface area contributed by atoms with Crippen molar-refractivity contribution in [3.05, 3.63) is 0 Å². The van der Waals surface area contributed by atoms with Crippen molar-refractivity contribution in [3.8, 4) is 0 Å². The van der Waals surface area contributed by atoms with Crippen LogP contribution in [0.15, 0.2) is 0 Å². The number of nitrogens with one attached hydrogen (secondary N) is 3. The minimum atomic E-state index is -3.33. The van der Waals surface area contributed by atoms with Crippen LogP contribution < -0.4 is 16.1 Å². The van der Waals surface area contributed by atoms with Gasteiger partial charge in [0.25, 0.3) is 23.4 Å². The maximum Gasteiger partial charge on any atom is 0.315 e. The van der Waals surface area contributed by atoms with Crippen LogP contribution in [0.25, 0.3) is 0 Å². The molecule has 2 heterocycles. The second kappa shape index (κ2) is 10.3. The number of nitrogens with zero attached hydrogens (tertiary/aromatic N) is 2. The summed E-state index contributed by atoms with van der Waals surface area (Å²) in [6, 6.07) is -2.48. The van der Waals surface area contributed by atoms with Crippen molar-refractivity contribution in [1.82, 2.24) is 26.0 Å². The van der Waals surface area contributed by atoms with Crippen LogP contribution in [0.4, 0.5) is 13.2 Å². The molecule has 3 rings (SSSR count). The molecule has 6 atom stereocenters. The van der Waals surface area contributed by atoms with E-state index < -0.39 is 59.1 Å². The molecule has 208 valence electrons. The van der Waals surface area contributed by atoms with E-state index in [1.807, 2.05) is 13.8 Å². The van der Waals surface area contributed by atoms with Crippen molar-refractivity contribution in [2.75, 3.05) is 19.6 Å². The van der Waals surface area contributed by atoms with Crippen LogP contribution in [-0.2, 0) is 24.0 Å². The van der Waals surface area contributed by atoms with Crippen LogP contribution in [-0.4, -0.2) is 83.2 Å². The molecule has 0 aromatic heterocycles. The van der Waals surface area contributed by atoms with Crippen LogP contribution in [0, 0.1) is 28.6 Å². The normalized spacial score (nSPS) is 27.7. The van der Waals surface area contributed by atoms with E-state index in [2.05, 4.69) is 16.1 Å². The summed E-state index contributed by atoms with van der Waals surface area (Å²) >= 11 is 5.34. The van der Waals surface area contributed by atoms with E-state index in [0.29, 0.717) is 18.0 Å². The molecule has 3 fully saturated rings. The number of piperidine rings is 1. The number of hydrogen-bond acceptors (Lipinski definition) is 5. The second-order valence-corrected chi connectivity index (χ2v) is 11.9. The lowest BCUT2D eigenvalue weighted by atomic mass is 9.85. The van der Waals surface area contributed by atoms with Crippen molar-refractivity contribution >= 4 is 41.1 Å². The minimum Gasteiger partial charge on any atom is -0.356 e. The Morgan fingerprint density at radius 2 is 1.84 bits per heavy atom. The third-order valence-corrected chi connectivity index (χ3v) is 7.81. The molecule has 0 unspecified atom stereocenters. The summed E-state index contributed by atoms with van der Waals surface area (Å²) in [6.07, 6.45) is -2.97. The van der Waals surface area contributed by atoms with Crippen LogP contribution in [0.5, 0.6) is 0 Å². The molecule has 0 spiro atoms. The fourth-order valence-corrected chi connectivity index (χ4v) is 5.50. The molecule has 0 radical (unpaired) electrons. The van der Waals surface area contributed by atoms with Gasteiger partial charge in [0.15, 0.2) is 0 Å². The highest BCUT2D eigenvalue weighted by atomic mass is 35.5. The van der Waals surface area contributed by atoms with Crippen LogP contribution in [0.1, 0.15) is 41.0 Å². The molecule has 0 aromatic rings. The Hall–Kier alpha value is -2.57. The van der Waals surface area contributed by atoms with E-state index in [1.165, 1.54) is 4.90 Å². The van der Waals surface area contributed by atoms with E-state index in [4.69, 9.17) is 11.6 Å². The zero-order valence-corrected chi connectivity index (χ0v) is 22.1. The summed E-state index contributed by atoms with van der Waals surface area (Å²) in [4.78, 5) is 64.5. The van der Waals surface area contributed by atoms with Gasteiger partial charge in [-0.3, -0.25) is 29.4 Å². The Bertz CT molecular complexity index is 973. The Labute approximate surface area is 217 Å². The van der Waals surface area contributed by atoms with E-state index >= 15 is 0 Å². The van der Waals surface area contributed by atoms with Gasteiger partial charge in [-0.05, 0) is 29.1 Å². The molecule has 1 aliphatic carbocycles. The molecule has 14 heteroatoms. The van der Waals surface area contributed by atoms with Gasteiger partial charge >= 0.3 is 6.43 Å². The molecule has 0 aromatic carbocycles. The van der Waals surface area contributed by atoms with Gasteiger partial charge in [-0.2, -0.15) is 8.78 Å². The lowest BCUT2D eigenvalue weighted by molar-refractivity contribution is -0.151. The summed E-state index contributed by atoms with van der Waals surface area (Å²) in [6.45, 7) is 8.76. The summed E-state index contributed by atoms with van der Waals surface area (Å²) in [5, 5.41) is 5.33. The molecule has 1 saturated carbocycles. The van der Waals surface area contributed by atoms with Crippen molar-refractivity contribution in [1.29, 1.82) is 0 Å². The number of hydrazine groups is 1. The average molecular weight is 552 g/mol. The highest BCUT2D eigenvalue weighted by molar-refractivity contribution is 6.29. The third kappa shape index (κ3) is 5.80. The van der Waals surface area contributed by atoms with Crippen molar-refractivity contribution in [3.63, 3.8) is 0 Å². The predicted octanol–water partition coefficient (Wildman–Crippen LogP) is 0.796. The molecule has 2 saturated heterocycles. The fraction of sp³-hybridized carbons (Fsp3) is 0.783. The summed E-state index contributed by atoms with van der Waals surface area (Å²) in [7, 11) is 0. The molecule has 0 bridgehead atoms. The maximum absolute atomic E-state index is 13.7. The third-order valence-electron chi connectivity index (χ3n) is 7.62. The number of rotatable bonds is 7. The Morgan fingerprint density at radius 1 is 1.22 bits per heavy atom. The topological polar surface area (TPSA) is 128 Å². The molecule has 37 heavy (non-hydrogen) atoms. The minimum absolute atomic E-state index is 0.0923. The van der Waals surface area contributed by atoms with Gasteiger partial charge in [0.1, 0.15) is 12.1 Å². The fourth-order valence-electron chi connectivity index (χ4n) is 5.38. The number of alkyl halides is 4. The van der Waals surface area contributed by atoms with Gasteiger partial charge < -0.3 is 15.5 Å². The summed E-state index contributed by atoms with van der Waals surface area (Å²) < 4.78 is 39.7. The van der Waals surface area contributed by atoms with Crippen LogP contribution in [0.2, 0.25) is 0 Å². The zero-order chi connectivity index (χ0) is 28.0. The van der Waals surface area contributed by atoms with Crippen molar-refractivity contribution < 1.29 is 37.1 Å². The first-order chi connectivity index (χ1) is 17.0. The van der Waals surface area contributed by atoms with Gasteiger partial charge in [-0.25, -0.2) is 9.40 Å². The van der Waals surface area contributed by atoms with Crippen molar-refractivity contribution in [2.45, 2.75) is 65.2 Å².